The Bertz CT molecular complexity index is 2090. The van der Waals surface area contributed by atoms with Crippen molar-refractivity contribution >= 4 is 51.0 Å². The quantitative estimate of drug-likeness (QED) is 0.196. The smallest absolute Gasteiger partial charge is 0.269 e. The first-order valence-corrected chi connectivity index (χ1v) is 14.5. The third kappa shape index (κ3) is 6.22. The number of nitrogens with one attached hydrogen (secondary N) is 2. The van der Waals surface area contributed by atoms with Crippen LogP contribution in [0, 0.1) is 5.82 Å². The highest BCUT2D eigenvalue weighted by atomic mass is 19.1. The molecule has 1 aliphatic rings. The van der Waals surface area contributed by atoms with E-state index < -0.39 is 42.3 Å². The molecule has 3 amide bonds. The van der Waals surface area contributed by atoms with Crippen molar-refractivity contribution in [3.8, 4) is 11.4 Å². The molecule has 15 heteroatoms. The summed E-state index contributed by atoms with van der Waals surface area (Å²) in [5.74, 6) is -2.41. The van der Waals surface area contributed by atoms with Gasteiger partial charge >= 0.3 is 0 Å². The molecular weight excluding hydrogens is 610 g/mol. The van der Waals surface area contributed by atoms with Gasteiger partial charge in [0.15, 0.2) is 11.3 Å². The average Bonchev–Trinajstić information content (AvgIpc) is 3.76. The molecule has 1 saturated heterocycles. The number of carbonyl (C=O) groups is 3. The second kappa shape index (κ2) is 12.7. The predicted octanol–water partition coefficient (Wildman–Crippen LogP) is 4.75. The van der Waals surface area contributed by atoms with Gasteiger partial charge in [-0.05, 0) is 60.5 Å². The first kappa shape index (κ1) is 30.9. The second-order valence-electron chi connectivity index (χ2n) is 10.9. The van der Waals surface area contributed by atoms with Crippen LogP contribution in [-0.2, 0) is 16.1 Å². The molecule has 47 heavy (non-hydrogen) atoms. The number of H-pyrrole nitrogens is 1. The van der Waals surface area contributed by atoms with E-state index in [0.29, 0.717) is 39.0 Å². The Morgan fingerprint density at radius 1 is 1.19 bits per heavy atom. The Kier molecular flexibility index (Phi) is 8.35. The van der Waals surface area contributed by atoms with Crippen molar-refractivity contribution in [3.63, 3.8) is 0 Å². The molecule has 2 aromatic carbocycles. The highest BCUT2D eigenvalue weighted by Gasteiger charge is 2.40. The molecule has 238 valence electrons. The number of rotatable bonds is 9. The summed E-state index contributed by atoms with van der Waals surface area (Å²) in [5.41, 5.74) is 8.94. The van der Waals surface area contributed by atoms with Crippen molar-refractivity contribution in [2.75, 3.05) is 11.9 Å². The maximum absolute atomic E-state index is 14.8. The van der Waals surface area contributed by atoms with Gasteiger partial charge in [0.2, 0.25) is 11.8 Å². The minimum atomic E-state index is -1.48. The summed E-state index contributed by atoms with van der Waals surface area (Å²) in [6, 6.07) is 11.2. The number of halogens is 2. The van der Waals surface area contributed by atoms with Crippen LogP contribution in [0.4, 0.5) is 14.5 Å². The molecule has 2 atom stereocenters. The minimum Gasteiger partial charge on any atom is -0.364 e. The van der Waals surface area contributed by atoms with Crippen LogP contribution in [0.3, 0.4) is 0 Å². The lowest BCUT2D eigenvalue weighted by Gasteiger charge is -2.24. The first-order valence-electron chi connectivity index (χ1n) is 14.5. The molecule has 4 N–H and O–H groups in total. The van der Waals surface area contributed by atoms with Crippen molar-refractivity contribution < 1.29 is 23.2 Å². The maximum atomic E-state index is 14.8. The molecule has 0 radical (unpaired) electrons. The number of benzene rings is 2. The first-order chi connectivity index (χ1) is 22.6. The molecule has 1 fully saturated rings. The highest BCUT2D eigenvalue weighted by Crippen LogP contribution is 2.30. The summed E-state index contributed by atoms with van der Waals surface area (Å²) in [4.78, 5) is 52.3. The monoisotopic (exact) mass is 638 g/mol. The number of aromatic nitrogens is 5. The summed E-state index contributed by atoms with van der Waals surface area (Å²) < 4.78 is 30.4. The van der Waals surface area contributed by atoms with E-state index in [2.05, 4.69) is 42.2 Å². The lowest BCUT2D eigenvalue weighted by atomic mass is 10.0. The molecule has 4 heterocycles. The highest BCUT2D eigenvalue weighted by molar-refractivity contribution is 6.05. The van der Waals surface area contributed by atoms with Gasteiger partial charge in [-0.15, -0.1) is 0 Å². The molecule has 6 rings (SSSR count). The van der Waals surface area contributed by atoms with Crippen LogP contribution in [0.15, 0.2) is 83.9 Å². The summed E-state index contributed by atoms with van der Waals surface area (Å²) in [6.07, 6.45) is 2.66. The number of likely N-dealkylation sites (tertiary alicyclic amines) is 1. The number of nitrogens with two attached hydrogens (primary N) is 1. The fraction of sp³-hybridized carbons (Fsp3) is 0.188. The van der Waals surface area contributed by atoms with E-state index in [9.17, 15) is 23.2 Å². The molecule has 0 bridgehead atoms. The molecular formula is C32H28F2N10O3. The fourth-order valence-electron chi connectivity index (χ4n) is 5.51. The summed E-state index contributed by atoms with van der Waals surface area (Å²) in [7, 11) is 0. The predicted molar refractivity (Wildman–Crippen MR) is 170 cm³/mol. The van der Waals surface area contributed by atoms with E-state index in [4.69, 9.17) is 5.73 Å². The Hall–Kier alpha value is -6.12. The van der Waals surface area contributed by atoms with E-state index in [-0.39, 0.29) is 24.3 Å². The topological polar surface area (TPSA) is 177 Å². The lowest BCUT2D eigenvalue weighted by Crippen LogP contribution is -2.44. The number of alkyl halides is 1. The number of carbonyl (C=O) groups excluding carboxylic acids is 3. The Balaban J connectivity index is 1.25. The fourth-order valence-corrected chi connectivity index (χ4v) is 5.51. The zero-order chi connectivity index (χ0) is 33.2. The zero-order valence-corrected chi connectivity index (χ0v) is 25.0. The van der Waals surface area contributed by atoms with Gasteiger partial charge in [0.05, 0.1) is 23.9 Å². The largest absolute Gasteiger partial charge is 0.364 e. The van der Waals surface area contributed by atoms with E-state index in [0.717, 1.165) is 16.5 Å². The zero-order valence-electron chi connectivity index (χ0n) is 25.0. The van der Waals surface area contributed by atoms with Crippen molar-refractivity contribution in [2.45, 2.75) is 32.1 Å². The molecule has 1 aliphatic heterocycles. The Morgan fingerprint density at radius 2 is 2.02 bits per heavy atom. The molecule has 0 aliphatic carbocycles. The molecule has 5 aromatic rings. The number of hydrogen-bond acceptors (Lipinski definition) is 8. The SMILES string of the molecule is C=C/N=N\C=C(/C)c1ccc2c(c1)c(C(N)=O)nn2CC(=O)N1CC(F)CC1C(=O)Nc1cc(F)ccc1-c1nc2cccnc2[nH]1. The van der Waals surface area contributed by atoms with Gasteiger partial charge in [-0.2, -0.15) is 15.3 Å². The normalized spacial score (nSPS) is 16.7. The van der Waals surface area contributed by atoms with Crippen LogP contribution in [0.25, 0.3) is 39.0 Å². The number of primary amides is 1. The number of hydrogen-bond donors (Lipinski definition) is 3. The van der Waals surface area contributed by atoms with Crippen molar-refractivity contribution in [3.05, 3.63) is 90.8 Å². The van der Waals surface area contributed by atoms with E-state index in [1.807, 2.05) is 0 Å². The van der Waals surface area contributed by atoms with E-state index >= 15 is 0 Å². The third-order valence-corrected chi connectivity index (χ3v) is 7.75. The molecule has 0 saturated carbocycles. The van der Waals surface area contributed by atoms with Gasteiger partial charge in [-0.3, -0.25) is 19.1 Å². The van der Waals surface area contributed by atoms with Gasteiger partial charge in [-0.25, -0.2) is 18.7 Å². The van der Waals surface area contributed by atoms with Gasteiger partial charge in [-0.1, -0.05) is 12.6 Å². The molecule has 0 spiro atoms. The summed E-state index contributed by atoms with van der Waals surface area (Å²) >= 11 is 0. The van der Waals surface area contributed by atoms with E-state index in [1.165, 1.54) is 29.2 Å². The standard InChI is InChI=1S/C32H28F2N10O3/c1-3-37-38-14-17(2)18-6-9-25-22(11-18)28(29(35)46)42-44(25)16-27(45)43-15-20(34)13-26(43)32(47)40-24-12-19(33)7-8-21(24)30-39-23-5-4-10-36-31(23)41-30/h3-12,14,20,26H,1,13,15-16H2,2H3,(H2,35,46)(H,40,47)(H,36,39,41)/b17-14+,38-37-. The van der Waals surface area contributed by atoms with Crippen LogP contribution in [0.2, 0.25) is 0 Å². The van der Waals surface area contributed by atoms with Gasteiger partial charge < -0.3 is 20.9 Å². The molecule has 2 unspecified atom stereocenters. The molecule has 3 aromatic heterocycles. The van der Waals surface area contributed by atoms with Gasteiger partial charge in [0.25, 0.3) is 5.91 Å². The number of fused-ring (bicyclic) bond motifs is 2. The Morgan fingerprint density at radius 3 is 2.79 bits per heavy atom. The van der Waals surface area contributed by atoms with Crippen molar-refractivity contribution in [1.82, 2.24) is 29.6 Å². The number of nitrogens with zero attached hydrogens (tertiary/aromatic N) is 7. The summed E-state index contributed by atoms with van der Waals surface area (Å²) in [5, 5.41) is 14.9. The van der Waals surface area contributed by atoms with Gasteiger partial charge in [0.1, 0.15) is 35.9 Å². The number of allylic oxidation sites excluding steroid dienone is 1. The van der Waals surface area contributed by atoms with Crippen LogP contribution < -0.4 is 11.1 Å². The van der Waals surface area contributed by atoms with Crippen molar-refractivity contribution in [1.29, 1.82) is 0 Å². The minimum absolute atomic E-state index is 0.0614. The van der Waals surface area contributed by atoms with Crippen LogP contribution >= 0.6 is 0 Å². The van der Waals surface area contributed by atoms with Crippen LogP contribution in [0.5, 0.6) is 0 Å². The number of amides is 3. The number of azo groups is 1. The lowest BCUT2D eigenvalue weighted by molar-refractivity contribution is -0.137. The van der Waals surface area contributed by atoms with Crippen molar-refractivity contribution in [2.24, 2.45) is 16.0 Å². The van der Waals surface area contributed by atoms with Crippen LogP contribution in [-0.4, -0.2) is 66.1 Å². The summed E-state index contributed by atoms with van der Waals surface area (Å²) in [6.45, 7) is 4.53. The number of aromatic amines is 1. The third-order valence-electron chi connectivity index (χ3n) is 7.75. The van der Waals surface area contributed by atoms with Crippen LogP contribution in [0.1, 0.15) is 29.4 Å². The number of imidazole rings is 1. The average molecular weight is 639 g/mol. The molecule has 13 nitrogen and oxygen atoms in total. The Labute approximate surface area is 265 Å². The number of pyridine rings is 1. The number of anilines is 1. The van der Waals surface area contributed by atoms with Gasteiger partial charge in [0, 0.05) is 29.8 Å². The van der Waals surface area contributed by atoms with E-state index in [1.54, 1.807) is 43.5 Å². The second-order valence-corrected chi connectivity index (χ2v) is 10.9. The maximum Gasteiger partial charge on any atom is 0.269 e.